The molecular weight excluding hydrogens is 913 g/mol. The minimum atomic E-state index is -0.765. The van der Waals surface area contributed by atoms with Gasteiger partial charge in [0.25, 0.3) is 0 Å². The van der Waals surface area contributed by atoms with Crippen molar-refractivity contribution in [1.82, 2.24) is 0 Å². The van der Waals surface area contributed by atoms with Gasteiger partial charge in [-0.15, -0.1) is 0 Å². The molecule has 6 heteroatoms. The third kappa shape index (κ3) is 58.1. The van der Waals surface area contributed by atoms with Gasteiger partial charge in [0.05, 0.1) is 0 Å². The Labute approximate surface area is 463 Å². The summed E-state index contributed by atoms with van der Waals surface area (Å²) in [5, 5.41) is 0. The molecule has 0 aromatic heterocycles. The van der Waals surface area contributed by atoms with Crippen LogP contribution in [0.15, 0.2) is 0 Å². The van der Waals surface area contributed by atoms with Crippen LogP contribution in [0.5, 0.6) is 0 Å². The van der Waals surface area contributed by atoms with E-state index in [2.05, 4.69) is 41.5 Å². The minimum Gasteiger partial charge on any atom is -0.462 e. The van der Waals surface area contributed by atoms with E-state index in [4.69, 9.17) is 14.2 Å². The van der Waals surface area contributed by atoms with Gasteiger partial charge in [-0.1, -0.05) is 343 Å². The summed E-state index contributed by atoms with van der Waals surface area (Å²) in [6.07, 6.45) is 65.2. The average molecular weight is 1050 g/mol. The highest BCUT2D eigenvalue weighted by atomic mass is 16.6. The van der Waals surface area contributed by atoms with Crippen molar-refractivity contribution in [2.24, 2.45) is 17.8 Å². The Hall–Kier alpha value is -1.59. The Kier molecular flexibility index (Phi) is 57.8. The molecule has 0 fully saturated rings. The van der Waals surface area contributed by atoms with E-state index in [1.54, 1.807) is 0 Å². The molecule has 440 valence electrons. The molecule has 0 radical (unpaired) electrons. The van der Waals surface area contributed by atoms with Crippen molar-refractivity contribution in [3.8, 4) is 0 Å². The van der Waals surface area contributed by atoms with Gasteiger partial charge < -0.3 is 14.2 Å². The normalized spacial score (nSPS) is 12.9. The Morgan fingerprint density at radius 3 is 0.703 bits per heavy atom. The van der Waals surface area contributed by atoms with Gasteiger partial charge >= 0.3 is 17.9 Å². The molecule has 0 amide bonds. The number of rotatable bonds is 61. The number of carbonyl (C=O) groups excluding carboxylic acids is 3. The molecule has 0 N–H and O–H groups in total. The fourth-order valence-corrected chi connectivity index (χ4v) is 10.5. The van der Waals surface area contributed by atoms with Crippen LogP contribution in [0.3, 0.4) is 0 Å². The first-order valence-electron chi connectivity index (χ1n) is 33.7. The van der Waals surface area contributed by atoms with Gasteiger partial charge in [0.2, 0.25) is 0 Å². The largest absolute Gasteiger partial charge is 0.462 e. The summed E-state index contributed by atoms with van der Waals surface area (Å²) in [7, 11) is 0. The molecule has 0 heterocycles. The second-order valence-electron chi connectivity index (χ2n) is 24.4. The van der Waals surface area contributed by atoms with Crippen LogP contribution < -0.4 is 0 Å². The molecule has 2 unspecified atom stereocenters. The van der Waals surface area contributed by atoms with Crippen LogP contribution in [-0.2, 0) is 28.6 Å². The van der Waals surface area contributed by atoms with Gasteiger partial charge in [-0.05, 0) is 37.0 Å². The zero-order chi connectivity index (χ0) is 54.1. The number of ether oxygens (including phenoxy) is 3. The van der Waals surface area contributed by atoms with Gasteiger partial charge in [0.1, 0.15) is 13.2 Å². The van der Waals surface area contributed by atoms with Crippen LogP contribution in [0.25, 0.3) is 0 Å². The first-order valence-corrected chi connectivity index (χ1v) is 33.7. The number of esters is 3. The maximum Gasteiger partial charge on any atom is 0.306 e. The number of hydrogen-bond donors (Lipinski definition) is 0. The molecule has 3 atom stereocenters. The van der Waals surface area contributed by atoms with Crippen molar-refractivity contribution in [2.45, 2.75) is 388 Å². The molecule has 0 aliphatic carbocycles. The van der Waals surface area contributed by atoms with E-state index in [0.29, 0.717) is 19.3 Å². The van der Waals surface area contributed by atoms with Crippen LogP contribution in [0, 0.1) is 17.8 Å². The predicted molar refractivity (Wildman–Crippen MR) is 321 cm³/mol. The van der Waals surface area contributed by atoms with E-state index < -0.39 is 6.10 Å². The smallest absolute Gasteiger partial charge is 0.306 e. The van der Waals surface area contributed by atoms with Crippen LogP contribution in [0.2, 0.25) is 0 Å². The third-order valence-corrected chi connectivity index (χ3v) is 16.4. The summed E-state index contributed by atoms with van der Waals surface area (Å²) in [6, 6.07) is 0. The van der Waals surface area contributed by atoms with E-state index in [1.165, 1.54) is 263 Å². The molecule has 0 rings (SSSR count). The minimum absolute atomic E-state index is 0.0623. The van der Waals surface area contributed by atoms with Gasteiger partial charge in [0.15, 0.2) is 6.10 Å². The summed E-state index contributed by atoms with van der Waals surface area (Å²) in [4.78, 5) is 38.4. The lowest BCUT2D eigenvalue weighted by Gasteiger charge is -2.18. The molecule has 6 nitrogen and oxygen atoms in total. The van der Waals surface area contributed by atoms with Crippen molar-refractivity contribution >= 4 is 17.9 Å². The molecule has 0 saturated heterocycles. The third-order valence-electron chi connectivity index (χ3n) is 16.4. The number of carbonyl (C=O) groups is 3. The topological polar surface area (TPSA) is 78.9 Å². The zero-order valence-electron chi connectivity index (χ0n) is 51.1. The lowest BCUT2D eigenvalue weighted by molar-refractivity contribution is -0.167. The first kappa shape index (κ1) is 72.4. The van der Waals surface area contributed by atoms with Crippen molar-refractivity contribution < 1.29 is 28.6 Å². The molecule has 0 aromatic carbocycles. The van der Waals surface area contributed by atoms with Crippen LogP contribution in [0.1, 0.15) is 382 Å². The van der Waals surface area contributed by atoms with Crippen LogP contribution in [-0.4, -0.2) is 37.2 Å². The molecule has 74 heavy (non-hydrogen) atoms. The lowest BCUT2D eigenvalue weighted by atomic mass is 9.99. The molecule has 0 aliphatic rings. The van der Waals surface area contributed by atoms with Gasteiger partial charge in [-0.2, -0.15) is 0 Å². The highest BCUT2D eigenvalue weighted by Crippen LogP contribution is 2.20. The second-order valence-corrected chi connectivity index (χ2v) is 24.4. The van der Waals surface area contributed by atoms with E-state index >= 15 is 0 Å². The van der Waals surface area contributed by atoms with Gasteiger partial charge in [-0.3, -0.25) is 14.4 Å². The first-order chi connectivity index (χ1) is 36.2. The summed E-state index contributed by atoms with van der Waals surface area (Å²) < 4.78 is 17.0. The predicted octanol–water partition coefficient (Wildman–Crippen LogP) is 22.6. The second kappa shape index (κ2) is 59.1. The molecule has 0 spiro atoms. The summed E-state index contributed by atoms with van der Waals surface area (Å²) in [5.41, 5.74) is 0. The Bertz CT molecular complexity index is 1150. The number of unbranched alkanes of at least 4 members (excludes halogenated alkanes) is 42. The standard InChI is InChI=1S/C68H132O6/c1-7-63(5)55-49-43-37-31-25-19-13-11-9-10-12-14-22-29-35-41-47-53-59-68(71)74-65(61-73-67(70)58-52-46-40-34-28-23-17-18-24-30-36-42-48-54-62(3)4)60-72-66(69)57-51-45-39-33-27-21-16-15-20-26-32-38-44-50-56-64(6)8-2/h62-65H,7-61H2,1-6H3/t63?,64?,65-/m0/s1. The van der Waals surface area contributed by atoms with Crippen molar-refractivity contribution in [3.63, 3.8) is 0 Å². The maximum atomic E-state index is 12.9. The van der Waals surface area contributed by atoms with Crippen molar-refractivity contribution in [3.05, 3.63) is 0 Å². The SMILES string of the molecule is CCC(C)CCCCCCCCCCCCCCCCCCCCC(=O)O[C@@H](COC(=O)CCCCCCCCCCCCCCCCC(C)CC)COC(=O)CCCCCCCCCCCCCCCC(C)C. The monoisotopic (exact) mass is 1050 g/mol. The zero-order valence-corrected chi connectivity index (χ0v) is 51.1. The number of hydrogen-bond acceptors (Lipinski definition) is 6. The van der Waals surface area contributed by atoms with Gasteiger partial charge in [-0.25, -0.2) is 0 Å². The van der Waals surface area contributed by atoms with E-state index in [9.17, 15) is 14.4 Å². The molecule has 0 bridgehead atoms. The Morgan fingerprint density at radius 2 is 0.473 bits per heavy atom. The van der Waals surface area contributed by atoms with Gasteiger partial charge in [0, 0.05) is 19.3 Å². The molecule has 0 saturated carbocycles. The van der Waals surface area contributed by atoms with Crippen LogP contribution >= 0.6 is 0 Å². The maximum absolute atomic E-state index is 12.9. The molecule has 0 aliphatic heterocycles. The quantitative estimate of drug-likeness (QED) is 0.0343. The fraction of sp³-hybridized carbons (Fsp3) is 0.956. The van der Waals surface area contributed by atoms with E-state index in [-0.39, 0.29) is 31.1 Å². The molecule has 0 aromatic rings. The van der Waals surface area contributed by atoms with E-state index in [0.717, 1.165) is 75.5 Å². The van der Waals surface area contributed by atoms with Crippen molar-refractivity contribution in [2.75, 3.05) is 13.2 Å². The summed E-state index contributed by atoms with van der Waals surface area (Å²) in [6.45, 7) is 13.9. The van der Waals surface area contributed by atoms with Crippen molar-refractivity contribution in [1.29, 1.82) is 0 Å². The average Bonchev–Trinajstić information content (AvgIpc) is 3.39. The fourth-order valence-electron chi connectivity index (χ4n) is 10.5. The lowest BCUT2D eigenvalue weighted by Crippen LogP contribution is -2.30. The highest BCUT2D eigenvalue weighted by Gasteiger charge is 2.20. The molecular formula is C68H132O6. The highest BCUT2D eigenvalue weighted by molar-refractivity contribution is 5.71. The summed E-state index contributed by atoms with van der Waals surface area (Å²) >= 11 is 0. The Balaban J connectivity index is 4.28. The summed E-state index contributed by atoms with van der Waals surface area (Å²) in [5.74, 6) is 1.81. The van der Waals surface area contributed by atoms with Crippen LogP contribution in [0.4, 0.5) is 0 Å². The Morgan fingerprint density at radius 1 is 0.270 bits per heavy atom. The van der Waals surface area contributed by atoms with E-state index in [1.807, 2.05) is 0 Å².